The van der Waals surface area contributed by atoms with Crippen molar-refractivity contribution in [1.82, 2.24) is 0 Å². The van der Waals surface area contributed by atoms with E-state index in [9.17, 15) is 14.0 Å². The molecule has 98 valence electrons. The van der Waals surface area contributed by atoms with Crippen molar-refractivity contribution in [1.29, 1.82) is 0 Å². The Morgan fingerprint density at radius 2 is 1.95 bits per heavy atom. The summed E-state index contributed by atoms with van der Waals surface area (Å²) in [5, 5.41) is 0. The zero-order valence-electron chi connectivity index (χ0n) is 10.4. The summed E-state index contributed by atoms with van der Waals surface area (Å²) >= 11 is 0. The standard InChI is InChI=1S/C15H13FO3/c1-11(17)19-15(16)9-7-13(8-10-15)14(18)12-5-3-2-4-6-12/h2-9H,10H2,1H3. The number of alkyl halides is 1. The number of rotatable bonds is 3. The molecule has 2 rings (SSSR count). The molecule has 0 heterocycles. The number of esters is 1. The monoisotopic (exact) mass is 260 g/mol. The average Bonchev–Trinajstić information content (AvgIpc) is 2.38. The van der Waals surface area contributed by atoms with E-state index in [1.807, 2.05) is 6.07 Å². The van der Waals surface area contributed by atoms with Gasteiger partial charge in [-0.3, -0.25) is 9.59 Å². The topological polar surface area (TPSA) is 43.4 Å². The van der Waals surface area contributed by atoms with Crippen molar-refractivity contribution in [2.45, 2.75) is 19.2 Å². The highest BCUT2D eigenvalue weighted by molar-refractivity contribution is 6.10. The second-order valence-electron chi connectivity index (χ2n) is 4.27. The molecule has 0 spiro atoms. The number of ether oxygens (including phenoxy) is 1. The van der Waals surface area contributed by atoms with Gasteiger partial charge in [0.05, 0.1) is 0 Å². The van der Waals surface area contributed by atoms with Crippen LogP contribution in [0.1, 0.15) is 23.7 Å². The number of Topliss-reactive ketones (excluding diaryl/α,β-unsaturated/α-hetero) is 1. The van der Waals surface area contributed by atoms with Gasteiger partial charge in [-0.25, -0.2) is 0 Å². The first kappa shape index (κ1) is 13.2. The number of carbonyl (C=O) groups excluding carboxylic acids is 2. The summed E-state index contributed by atoms with van der Waals surface area (Å²) in [6.07, 6.45) is 3.74. The molecule has 0 amide bonds. The van der Waals surface area contributed by atoms with Crippen LogP contribution < -0.4 is 0 Å². The van der Waals surface area contributed by atoms with Crippen molar-refractivity contribution in [3.63, 3.8) is 0 Å². The minimum absolute atomic E-state index is 0.156. The molecule has 0 saturated heterocycles. The Hall–Kier alpha value is -2.23. The normalized spacial score (nSPS) is 21.7. The summed E-state index contributed by atoms with van der Waals surface area (Å²) in [5.74, 6) is -3.02. The van der Waals surface area contributed by atoms with E-state index < -0.39 is 11.8 Å². The Kier molecular flexibility index (Phi) is 3.60. The number of halogens is 1. The van der Waals surface area contributed by atoms with Gasteiger partial charge in [-0.15, -0.1) is 0 Å². The van der Waals surface area contributed by atoms with Gasteiger partial charge in [-0.2, -0.15) is 4.39 Å². The van der Waals surface area contributed by atoms with E-state index in [1.165, 1.54) is 12.2 Å². The fraction of sp³-hybridized carbons (Fsp3) is 0.200. The Labute approximate surface area is 110 Å². The minimum atomic E-state index is -2.15. The SMILES string of the molecule is CC(=O)OC1(F)C=CC(C(=O)c2ccccc2)=CC1. The molecule has 1 atom stereocenters. The Morgan fingerprint density at radius 1 is 1.26 bits per heavy atom. The van der Waals surface area contributed by atoms with E-state index in [4.69, 9.17) is 0 Å². The molecule has 1 aromatic carbocycles. The number of benzene rings is 1. The first-order valence-corrected chi connectivity index (χ1v) is 5.88. The van der Waals surface area contributed by atoms with Crippen molar-refractivity contribution >= 4 is 11.8 Å². The van der Waals surface area contributed by atoms with Crippen molar-refractivity contribution < 1.29 is 18.7 Å². The van der Waals surface area contributed by atoms with E-state index in [0.29, 0.717) is 11.1 Å². The van der Waals surface area contributed by atoms with Crippen molar-refractivity contribution in [2.24, 2.45) is 0 Å². The number of ketones is 1. The van der Waals surface area contributed by atoms with Crippen LogP contribution in [0.2, 0.25) is 0 Å². The maximum Gasteiger partial charge on any atom is 0.305 e. The molecule has 4 heteroatoms. The lowest BCUT2D eigenvalue weighted by Gasteiger charge is -2.22. The molecule has 19 heavy (non-hydrogen) atoms. The third-order valence-electron chi connectivity index (χ3n) is 2.72. The lowest BCUT2D eigenvalue weighted by Crippen LogP contribution is -2.28. The Balaban J connectivity index is 2.12. The zero-order valence-corrected chi connectivity index (χ0v) is 10.4. The van der Waals surface area contributed by atoms with Gasteiger partial charge in [0, 0.05) is 24.5 Å². The second-order valence-corrected chi connectivity index (χ2v) is 4.27. The van der Waals surface area contributed by atoms with E-state index in [2.05, 4.69) is 4.74 Å². The fourth-order valence-corrected chi connectivity index (χ4v) is 1.84. The van der Waals surface area contributed by atoms with E-state index >= 15 is 0 Å². The largest absolute Gasteiger partial charge is 0.425 e. The average molecular weight is 260 g/mol. The van der Waals surface area contributed by atoms with Crippen LogP contribution in [0.25, 0.3) is 0 Å². The molecular weight excluding hydrogens is 247 g/mol. The first-order valence-electron chi connectivity index (χ1n) is 5.88. The number of hydrogen-bond donors (Lipinski definition) is 0. The van der Waals surface area contributed by atoms with Gasteiger partial charge in [0.15, 0.2) is 5.78 Å². The van der Waals surface area contributed by atoms with Crippen molar-refractivity contribution in [3.05, 3.63) is 59.7 Å². The van der Waals surface area contributed by atoms with Crippen LogP contribution in [0.5, 0.6) is 0 Å². The van der Waals surface area contributed by atoms with E-state index in [1.54, 1.807) is 24.3 Å². The number of allylic oxidation sites excluding steroid dienone is 2. The highest BCUT2D eigenvalue weighted by Gasteiger charge is 2.32. The van der Waals surface area contributed by atoms with Crippen molar-refractivity contribution in [3.8, 4) is 0 Å². The van der Waals surface area contributed by atoms with Crippen molar-refractivity contribution in [2.75, 3.05) is 0 Å². The van der Waals surface area contributed by atoms with Crippen LogP contribution in [0.15, 0.2) is 54.1 Å². The molecule has 1 aliphatic rings. The smallest absolute Gasteiger partial charge is 0.305 e. The lowest BCUT2D eigenvalue weighted by atomic mass is 9.96. The molecule has 1 aliphatic carbocycles. The molecule has 1 unspecified atom stereocenters. The van der Waals surface area contributed by atoms with Gasteiger partial charge in [-0.05, 0) is 12.2 Å². The fourth-order valence-electron chi connectivity index (χ4n) is 1.84. The number of hydrogen-bond acceptors (Lipinski definition) is 3. The Bertz CT molecular complexity index is 560. The molecule has 0 aliphatic heterocycles. The van der Waals surface area contributed by atoms with Gasteiger partial charge in [-0.1, -0.05) is 36.4 Å². The third-order valence-corrected chi connectivity index (χ3v) is 2.72. The summed E-state index contributed by atoms with van der Waals surface area (Å²) in [6, 6.07) is 8.73. The summed E-state index contributed by atoms with van der Waals surface area (Å²) in [7, 11) is 0. The van der Waals surface area contributed by atoms with Crippen LogP contribution in [0.4, 0.5) is 4.39 Å². The third kappa shape index (κ3) is 3.16. The van der Waals surface area contributed by atoms with Crippen LogP contribution in [-0.2, 0) is 9.53 Å². The summed E-state index contributed by atoms with van der Waals surface area (Å²) in [4.78, 5) is 22.9. The van der Waals surface area contributed by atoms with Crippen LogP contribution in [0.3, 0.4) is 0 Å². The Morgan fingerprint density at radius 3 is 2.47 bits per heavy atom. The van der Waals surface area contributed by atoms with Gasteiger partial charge in [0.1, 0.15) is 0 Å². The lowest BCUT2D eigenvalue weighted by molar-refractivity contribution is -0.167. The molecule has 0 radical (unpaired) electrons. The minimum Gasteiger partial charge on any atom is -0.425 e. The molecule has 0 N–H and O–H groups in total. The van der Waals surface area contributed by atoms with Crippen LogP contribution >= 0.6 is 0 Å². The predicted octanol–water partition coefficient (Wildman–Crippen LogP) is 2.98. The van der Waals surface area contributed by atoms with Gasteiger partial charge >= 0.3 is 5.97 Å². The van der Waals surface area contributed by atoms with Crippen LogP contribution in [-0.4, -0.2) is 17.6 Å². The predicted molar refractivity (Wildman–Crippen MR) is 68.2 cm³/mol. The first-order chi connectivity index (χ1) is 9.00. The quantitative estimate of drug-likeness (QED) is 0.620. The van der Waals surface area contributed by atoms with E-state index in [-0.39, 0.29) is 12.2 Å². The summed E-state index contributed by atoms with van der Waals surface area (Å²) in [5.41, 5.74) is 0.934. The molecule has 1 aromatic rings. The summed E-state index contributed by atoms with van der Waals surface area (Å²) in [6.45, 7) is 1.14. The maximum absolute atomic E-state index is 14.0. The second kappa shape index (κ2) is 5.18. The maximum atomic E-state index is 14.0. The van der Waals surface area contributed by atoms with Crippen LogP contribution in [0, 0.1) is 0 Å². The van der Waals surface area contributed by atoms with Gasteiger partial charge < -0.3 is 4.74 Å². The molecule has 0 aromatic heterocycles. The molecule has 0 bridgehead atoms. The van der Waals surface area contributed by atoms with Gasteiger partial charge in [0.25, 0.3) is 5.85 Å². The van der Waals surface area contributed by atoms with E-state index in [0.717, 1.165) is 13.0 Å². The molecule has 0 saturated carbocycles. The highest BCUT2D eigenvalue weighted by atomic mass is 19.2. The highest BCUT2D eigenvalue weighted by Crippen LogP contribution is 2.27. The summed E-state index contributed by atoms with van der Waals surface area (Å²) < 4.78 is 18.5. The van der Waals surface area contributed by atoms with Gasteiger partial charge in [0.2, 0.25) is 0 Å². The number of carbonyl (C=O) groups is 2. The molecule has 3 nitrogen and oxygen atoms in total. The molecular formula is C15H13FO3. The molecule has 0 fully saturated rings. The zero-order chi connectivity index (χ0) is 13.9.